The molecule has 1 saturated heterocycles. The van der Waals surface area contributed by atoms with E-state index in [-0.39, 0.29) is 12.0 Å². The van der Waals surface area contributed by atoms with Crippen LogP contribution in [0.5, 0.6) is 0 Å². The minimum Gasteiger partial charge on any atom is -0.441 e. The van der Waals surface area contributed by atoms with Crippen molar-refractivity contribution in [3.63, 3.8) is 0 Å². The number of ether oxygens (including phenoxy) is 1. The number of rotatable bonds is 5. The first-order valence-corrected chi connectivity index (χ1v) is 7.55. The van der Waals surface area contributed by atoms with Crippen LogP contribution in [0, 0.1) is 0 Å². The maximum absolute atomic E-state index is 12.0. The van der Waals surface area contributed by atoms with Gasteiger partial charge in [-0.1, -0.05) is 6.92 Å². The lowest BCUT2D eigenvalue weighted by molar-refractivity contribution is -0.116. The van der Waals surface area contributed by atoms with Crippen molar-refractivity contribution in [1.29, 1.82) is 0 Å². The first-order valence-electron chi connectivity index (χ1n) is 7.55. The molecule has 0 unspecified atom stereocenters. The Labute approximate surface area is 123 Å². The summed E-state index contributed by atoms with van der Waals surface area (Å²) in [6.45, 7) is 2.83. The highest BCUT2D eigenvalue weighted by Gasteiger charge is 2.16. The van der Waals surface area contributed by atoms with Crippen molar-refractivity contribution in [2.45, 2.75) is 45.1 Å². The van der Waals surface area contributed by atoms with Crippen LogP contribution in [0.3, 0.4) is 0 Å². The van der Waals surface area contributed by atoms with E-state index in [1.807, 2.05) is 25.1 Å². The molecule has 5 heteroatoms. The lowest BCUT2D eigenvalue weighted by Crippen LogP contribution is -2.15. The van der Waals surface area contributed by atoms with Crippen molar-refractivity contribution >= 4 is 22.7 Å². The summed E-state index contributed by atoms with van der Waals surface area (Å²) in [5, 5.41) is 2.91. The van der Waals surface area contributed by atoms with Crippen LogP contribution in [-0.4, -0.2) is 23.6 Å². The van der Waals surface area contributed by atoms with E-state index in [0.717, 1.165) is 49.1 Å². The number of carbonyl (C=O) groups excluding carboxylic acids is 1. The number of hydrogen-bond acceptors (Lipinski definition) is 4. The van der Waals surface area contributed by atoms with Gasteiger partial charge < -0.3 is 14.5 Å². The minimum atomic E-state index is 0.0176. The van der Waals surface area contributed by atoms with Crippen molar-refractivity contribution in [2.75, 3.05) is 11.9 Å². The molecule has 112 valence electrons. The quantitative estimate of drug-likeness (QED) is 0.917. The maximum Gasteiger partial charge on any atom is 0.224 e. The predicted octanol–water partition coefficient (Wildman–Crippen LogP) is 3.29. The Balaban J connectivity index is 1.59. The summed E-state index contributed by atoms with van der Waals surface area (Å²) < 4.78 is 11.1. The molecule has 0 bridgehead atoms. The van der Waals surface area contributed by atoms with Crippen molar-refractivity contribution in [1.82, 2.24) is 4.98 Å². The second-order valence-electron chi connectivity index (χ2n) is 5.37. The van der Waals surface area contributed by atoms with Gasteiger partial charge in [0, 0.05) is 25.1 Å². The molecule has 1 aromatic heterocycles. The van der Waals surface area contributed by atoms with Gasteiger partial charge in [-0.05, 0) is 37.5 Å². The number of anilines is 1. The number of nitrogens with zero attached hydrogens (tertiary/aromatic N) is 1. The standard InChI is InChI=1S/C16H20N2O3/c1-2-16-18-13-10-11(5-7-14(13)21-16)17-15(19)8-6-12-4-3-9-20-12/h5,7,10,12H,2-4,6,8-9H2,1H3,(H,17,19)/t12-/m0/s1. The number of fused-ring (bicyclic) bond motifs is 1. The van der Waals surface area contributed by atoms with E-state index in [0.29, 0.717) is 12.3 Å². The highest BCUT2D eigenvalue weighted by atomic mass is 16.5. The summed E-state index contributed by atoms with van der Waals surface area (Å²) in [7, 11) is 0. The molecule has 2 heterocycles. The monoisotopic (exact) mass is 288 g/mol. The number of aromatic nitrogens is 1. The van der Waals surface area contributed by atoms with E-state index in [9.17, 15) is 4.79 Å². The van der Waals surface area contributed by atoms with Crippen LogP contribution in [-0.2, 0) is 16.0 Å². The zero-order valence-corrected chi connectivity index (χ0v) is 12.2. The maximum atomic E-state index is 12.0. The third-order valence-corrected chi connectivity index (χ3v) is 3.74. The van der Waals surface area contributed by atoms with Gasteiger partial charge in [0.1, 0.15) is 5.52 Å². The third-order valence-electron chi connectivity index (χ3n) is 3.74. The molecule has 0 saturated carbocycles. The van der Waals surface area contributed by atoms with Gasteiger partial charge >= 0.3 is 0 Å². The van der Waals surface area contributed by atoms with Crippen molar-refractivity contribution < 1.29 is 13.9 Å². The Hall–Kier alpha value is -1.88. The molecule has 1 aromatic carbocycles. The van der Waals surface area contributed by atoms with Gasteiger partial charge in [-0.3, -0.25) is 4.79 Å². The Bertz CT molecular complexity index is 629. The third kappa shape index (κ3) is 3.42. The van der Waals surface area contributed by atoms with Gasteiger partial charge in [-0.2, -0.15) is 0 Å². The first kappa shape index (κ1) is 14.1. The average Bonchev–Trinajstić information content (AvgIpc) is 3.13. The van der Waals surface area contributed by atoms with E-state index in [4.69, 9.17) is 9.15 Å². The van der Waals surface area contributed by atoms with Crippen LogP contribution in [0.25, 0.3) is 11.1 Å². The van der Waals surface area contributed by atoms with Gasteiger partial charge in [0.15, 0.2) is 11.5 Å². The van der Waals surface area contributed by atoms with E-state index in [1.54, 1.807) is 0 Å². The topological polar surface area (TPSA) is 64.4 Å². The van der Waals surface area contributed by atoms with Crippen LogP contribution in [0.1, 0.15) is 38.5 Å². The van der Waals surface area contributed by atoms with Gasteiger partial charge in [-0.15, -0.1) is 0 Å². The number of nitrogens with one attached hydrogen (secondary N) is 1. The molecule has 0 aliphatic carbocycles. The Kier molecular flexibility index (Phi) is 4.20. The molecule has 1 aliphatic rings. The Morgan fingerprint density at radius 3 is 3.14 bits per heavy atom. The fourth-order valence-corrected chi connectivity index (χ4v) is 2.59. The van der Waals surface area contributed by atoms with Gasteiger partial charge in [0.2, 0.25) is 5.91 Å². The van der Waals surface area contributed by atoms with Gasteiger partial charge in [0.25, 0.3) is 0 Å². The molecule has 1 fully saturated rings. The highest BCUT2D eigenvalue weighted by molar-refractivity contribution is 5.92. The molecule has 5 nitrogen and oxygen atoms in total. The molecular weight excluding hydrogens is 268 g/mol. The van der Waals surface area contributed by atoms with Crippen molar-refractivity contribution in [3.8, 4) is 0 Å². The number of hydrogen-bond donors (Lipinski definition) is 1. The molecular formula is C16H20N2O3. The summed E-state index contributed by atoms with van der Waals surface area (Å²) in [5.74, 6) is 0.732. The predicted molar refractivity (Wildman–Crippen MR) is 80.2 cm³/mol. The van der Waals surface area contributed by atoms with E-state index >= 15 is 0 Å². The smallest absolute Gasteiger partial charge is 0.224 e. The van der Waals surface area contributed by atoms with Crippen LogP contribution in [0.4, 0.5) is 5.69 Å². The fourth-order valence-electron chi connectivity index (χ4n) is 2.59. The number of oxazole rings is 1. The molecule has 1 aliphatic heterocycles. The molecule has 1 N–H and O–H groups in total. The summed E-state index contributed by atoms with van der Waals surface area (Å²) >= 11 is 0. The fraction of sp³-hybridized carbons (Fsp3) is 0.500. The van der Waals surface area contributed by atoms with E-state index in [2.05, 4.69) is 10.3 Å². The molecule has 3 rings (SSSR count). The van der Waals surface area contributed by atoms with Crippen molar-refractivity contribution in [2.24, 2.45) is 0 Å². The molecule has 0 radical (unpaired) electrons. The SMILES string of the molecule is CCc1nc2cc(NC(=O)CC[C@@H]3CCCO3)ccc2o1. The molecule has 0 spiro atoms. The lowest BCUT2D eigenvalue weighted by Gasteiger charge is -2.09. The van der Waals surface area contributed by atoms with Gasteiger partial charge in [-0.25, -0.2) is 4.98 Å². The summed E-state index contributed by atoms with van der Waals surface area (Å²) in [6.07, 6.45) is 4.46. The number of benzene rings is 1. The Morgan fingerprint density at radius 2 is 2.38 bits per heavy atom. The Morgan fingerprint density at radius 1 is 1.48 bits per heavy atom. The van der Waals surface area contributed by atoms with Gasteiger partial charge in [0.05, 0.1) is 6.10 Å². The average molecular weight is 288 g/mol. The number of aryl methyl sites for hydroxylation is 1. The highest BCUT2D eigenvalue weighted by Crippen LogP contribution is 2.21. The van der Waals surface area contributed by atoms with Crippen LogP contribution >= 0.6 is 0 Å². The zero-order valence-electron chi connectivity index (χ0n) is 12.2. The molecule has 21 heavy (non-hydrogen) atoms. The molecule has 1 amide bonds. The zero-order chi connectivity index (χ0) is 14.7. The summed E-state index contributed by atoms with van der Waals surface area (Å²) in [5.41, 5.74) is 2.30. The minimum absolute atomic E-state index is 0.0176. The number of carbonyl (C=O) groups is 1. The van der Waals surface area contributed by atoms with Crippen LogP contribution in [0.2, 0.25) is 0 Å². The van der Waals surface area contributed by atoms with E-state index < -0.39 is 0 Å². The first-order chi connectivity index (χ1) is 10.2. The normalized spacial score (nSPS) is 18.2. The molecule has 1 atom stereocenters. The van der Waals surface area contributed by atoms with Crippen LogP contribution in [0.15, 0.2) is 22.6 Å². The second-order valence-corrected chi connectivity index (χ2v) is 5.37. The second kappa shape index (κ2) is 6.26. The van der Waals surface area contributed by atoms with Crippen molar-refractivity contribution in [3.05, 3.63) is 24.1 Å². The van der Waals surface area contributed by atoms with E-state index in [1.165, 1.54) is 0 Å². The van der Waals surface area contributed by atoms with Crippen LogP contribution < -0.4 is 5.32 Å². The molecule has 2 aromatic rings. The summed E-state index contributed by atoms with van der Waals surface area (Å²) in [4.78, 5) is 16.3. The summed E-state index contributed by atoms with van der Waals surface area (Å²) in [6, 6.07) is 5.54. The number of amides is 1. The lowest BCUT2D eigenvalue weighted by atomic mass is 10.1. The largest absolute Gasteiger partial charge is 0.441 e.